The number of imidazole rings is 1. The SMILES string of the molecule is CCn1c(C2CCN(S(=O)(=O)c3ccc(C)cc3)C2)nc2cccnc21. The van der Waals surface area contributed by atoms with Crippen LogP contribution in [0, 0.1) is 6.92 Å². The van der Waals surface area contributed by atoms with Crippen LogP contribution in [-0.4, -0.2) is 40.3 Å². The van der Waals surface area contributed by atoms with E-state index in [0.29, 0.717) is 18.0 Å². The lowest BCUT2D eigenvalue weighted by atomic mass is 10.1. The maximum atomic E-state index is 12.9. The van der Waals surface area contributed by atoms with Gasteiger partial charge in [-0.25, -0.2) is 18.4 Å². The van der Waals surface area contributed by atoms with Gasteiger partial charge in [0.1, 0.15) is 11.3 Å². The number of benzene rings is 1. The zero-order valence-electron chi connectivity index (χ0n) is 15.0. The molecule has 1 saturated heterocycles. The fraction of sp³-hybridized carbons (Fsp3) is 0.368. The normalized spacial score (nSPS) is 18.6. The Bertz CT molecular complexity index is 1040. The van der Waals surface area contributed by atoms with Crippen LogP contribution in [-0.2, 0) is 16.6 Å². The predicted molar refractivity (Wildman–Crippen MR) is 100 cm³/mol. The summed E-state index contributed by atoms with van der Waals surface area (Å²) in [5.74, 6) is 1.02. The van der Waals surface area contributed by atoms with Crippen molar-refractivity contribution >= 4 is 21.2 Å². The first-order valence-electron chi connectivity index (χ1n) is 8.88. The summed E-state index contributed by atoms with van der Waals surface area (Å²) < 4.78 is 29.5. The Balaban J connectivity index is 1.64. The molecule has 0 saturated carbocycles. The van der Waals surface area contributed by atoms with E-state index in [0.717, 1.165) is 35.5 Å². The Morgan fingerprint density at radius 1 is 1.19 bits per heavy atom. The molecule has 0 N–H and O–H groups in total. The summed E-state index contributed by atoms with van der Waals surface area (Å²) in [4.78, 5) is 9.54. The zero-order chi connectivity index (χ0) is 18.3. The molecular weight excluding hydrogens is 348 g/mol. The summed E-state index contributed by atoms with van der Waals surface area (Å²) >= 11 is 0. The third kappa shape index (κ3) is 2.81. The highest BCUT2D eigenvalue weighted by Gasteiger charge is 2.35. The van der Waals surface area contributed by atoms with Gasteiger partial charge in [0.05, 0.1) is 4.90 Å². The molecule has 2 aromatic heterocycles. The van der Waals surface area contributed by atoms with Crippen LogP contribution >= 0.6 is 0 Å². The van der Waals surface area contributed by atoms with Crippen LogP contribution < -0.4 is 0 Å². The van der Waals surface area contributed by atoms with Crippen LogP contribution in [0.1, 0.15) is 30.7 Å². The molecule has 3 aromatic rings. The van der Waals surface area contributed by atoms with E-state index >= 15 is 0 Å². The van der Waals surface area contributed by atoms with Crippen molar-refractivity contribution in [2.75, 3.05) is 13.1 Å². The smallest absolute Gasteiger partial charge is 0.243 e. The molecule has 136 valence electrons. The lowest BCUT2D eigenvalue weighted by molar-refractivity contribution is 0.469. The third-order valence-corrected chi connectivity index (χ3v) is 6.90. The molecular formula is C19H22N4O2S. The maximum absolute atomic E-state index is 12.9. The van der Waals surface area contributed by atoms with E-state index in [2.05, 4.69) is 16.5 Å². The highest BCUT2D eigenvalue weighted by Crippen LogP contribution is 2.32. The van der Waals surface area contributed by atoms with Crippen LogP contribution in [0.25, 0.3) is 11.2 Å². The monoisotopic (exact) mass is 370 g/mol. The van der Waals surface area contributed by atoms with E-state index in [1.165, 1.54) is 0 Å². The minimum Gasteiger partial charge on any atom is -0.313 e. The lowest BCUT2D eigenvalue weighted by Gasteiger charge is -2.17. The van der Waals surface area contributed by atoms with Crippen molar-refractivity contribution in [2.45, 2.75) is 37.6 Å². The first-order chi connectivity index (χ1) is 12.5. The second kappa shape index (κ2) is 6.48. The van der Waals surface area contributed by atoms with Gasteiger partial charge in [-0.05, 0) is 44.5 Å². The fourth-order valence-corrected chi connectivity index (χ4v) is 5.12. The summed E-state index contributed by atoms with van der Waals surface area (Å²) in [6.07, 6.45) is 2.54. The van der Waals surface area contributed by atoms with Crippen molar-refractivity contribution in [3.8, 4) is 0 Å². The molecule has 0 bridgehead atoms. The third-order valence-electron chi connectivity index (χ3n) is 5.02. The molecule has 0 spiro atoms. The van der Waals surface area contributed by atoms with Crippen molar-refractivity contribution in [2.24, 2.45) is 0 Å². The average Bonchev–Trinajstić information content (AvgIpc) is 3.27. The minimum absolute atomic E-state index is 0.0874. The number of fused-ring (bicyclic) bond motifs is 1. The quantitative estimate of drug-likeness (QED) is 0.708. The zero-order valence-corrected chi connectivity index (χ0v) is 15.8. The number of pyridine rings is 1. The molecule has 4 rings (SSSR count). The van der Waals surface area contributed by atoms with E-state index in [1.54, 1.807) is 22.6 Å². The van der Waals surface area contributed by atoms with Gasteiger partial charge in [-0.15, -0.1) is 0 Å². The molecule has 1 fully saturated rings. The van der Waals surface area contributed by atoms with Crippen LogP contribution in [0.5, 0.6) is 0 Å². The van der Waals surface area contributed by atoms with Gasteiger partial charge in [0.25, 0.3) is 0 Å². The van der Waals surface area contributed by atoms with E-state index in [1.807, 2.05) is 31.2 Å². The standard InChI is InChI=1S/C19H22N4O2S/c1-3-23-18(21-17-5-4-11-20-19(17)23)15-10-12-22(13-15)26(24,25)16-8-6-14(2)7-9-16/h4-9,11,15H,3,10,12-13H2,1-2H3. The number of rotatable bonds is 4. The first kappa shape index (κ1) is 17.2. The summed E-state index contributed by atoms with van der Waals surface area (Å²) in [7, 11) is -3.47. The molecule has 1 aromatic carbocycles. The van der Waals surface area contributed by atoms with Gasteiger partial charge in [-0.1, -0.05) is 17.7 Å². The molecule has 0 amide bonds. The van der Waals surface area contributed by atoms with E-state index in [-0.39, 0.29) is 5.92 Å². The number of hydrogen-bond donors (Lipinski definition) is 0. The summed E-state index contributed by atoms with van der Waals surface area (Å²) in [6.45, 7) is 5.76. The number of aromatic nitrogens is 3. The van der Waals surface area contributed by atoms with Gasteiger partial charge in [0, 0.05) is 31.7 Å². The molecule has 1 aliphatic heterocycles. The minimum atomic E-state index is -3.47. The van der Waals surface area contributed by atoms with Gasteiger partial charge in [0.15, 0.2) is 5.65 Å². The average molecular weight is 370 g/mol. The first-order valence-corrected chi connectivity index (χ1v) is 10.3. The number of hydrogen-bond acceptors (Lipinski definition) is 4. The highest BCUT2D eigenvalue weighted by molar-refractivity contribution is 7.89. The molecule has 3 heterocycles. The number of nitrogens with zero attached hydrogens (tertiary/aromatic N) is 4. The number of sulfonamides is 1. The molecule has 6 nitrogen and oxygen atoms in total. The van der Waals surface area contributed by atoms with Crippen molar-refractivity contribution < 1.29 is 8.42 Å². The van der Waals surface area contributed by atoms with E-state index in [9.17, 15) is 8.42 Å². The Labute approximate surface area is 153 Å². The molecule has 1 atom stereocenters. The van der Waals surface area contributed by atoms with Gasteiger partial charge in [-0.2, -0.15) is 4.31 Å². The Morgan fingerprint density at radius 3 is 2.69 bits per heavy atom. The van der Waals surface area contributed by atoms with Crippen molar-refractivity contribution in [3.05, 3.63) is 54.0 Å². The van der Waals surface area contributed by atoms with E-state index < -0.39 is 10.0 Å². The van der Waals surface area contributed by atoms with Crippen LogP contribution in [0.15, 0.2) is 47.5 Å². The Hall–Kier alpha value is -2.25. The largest absolute Gasteiger partial charge is 0.313 e. The molecule has 7 heteroatoms. The second-order valence-corrected chi connectivity index (χ2v) is 8.66. The molecule has 1 aliphatic rings. The number of aryl methyl sites for hydroxylation is 2. The Morgan fingerprint density at radius 2 is 1.96 bits per heavy atom. The molecule has 0 aliphatic carbocycles. The highest BCUT2D eigenvalue weighted by atomic mass is 32.2. The topological polar surface area (TPSA) is 68.1 Å². The van der Waals surface area contributed by atoms with Crippen molar-refractivity contribution in [1.29, 1.82) is 0 Å². The second-order valence-electron chi connectivity index (χ2n) is 6.72. The molecule has 1 unspecified atom stereocenters. The van der Waals surface area contributed by atoms with Crippen LogP contribution in [0.2, 0.25) is 0 Å². The predicted octanol–water partition coefficient (Wildman–Crippen LogP) is 2.94. The van der Waals surface area contributed by atoms with Crippen molar-refractivity contribution in [1.82, 2.24) is 18.8 Å². The van der Waals surface area contributed by atoms with Gasteiger partial charge < -0.3 is 4.57 Å². The van der Waals surface area contributed by atoms with E-state index in [4.69, 9.17) is 4.98 Å². The van der Waals surface area contributed by atoms with Gasteiger partial charge in [-0.3, -0.25) is 0 Å². The summed E-state index contributed by atoms with van der Waals surface area (Å²) in [5.41, 5.74) is 2.78. The lowest BCUT2D eigenvalue weighted by Crippen LogP contribution is -2.29. The maximum Gasteiger partial charge on any atom is 0.243 e. The Kier molecular flexibility index (Phi) is 4.28. The fourth-order valence-electron chi connectivity index (χ4n) is 3.62. The van der Waals surface area contributed by atoms with Crippen LogP contribution in [0.4, 0.5) is 0 Å². The van der Waals surface area contributed by atoms with Crippen LogP contribution in [0.3, 0.4) is 0 Å². The summed E-state index contributed by atoms with van der Waals surface area (Å²) in [6, 6.07) is 10.9. The van der Waals surface area contributed by atoms with Gasteiger partial charge >= 0.3 is 0 Å². The molecule has 26 heavy (non-hydrogen) atoms. The summed E-state index contributed by atoms with van der Waals surface area (Å²) in [5, 5.41) is 0. The van der Waals surface area contributed by atoms with Crippen molar-refractivity contribution in [3.63, 3.8) is 0 Å². The van der Waals surface area contributed by atoms with Gasteiger partial charge in [0.2, 0.25) is 10.0 Å². The molecule has 0 radical (unpaired) electrons.